The van der Waals surface area contributed by atoms with Gasteiger partial charge in [0.15, 0.2) is 0 Å². The molecule has 2 aliphatic heterocycles. The number of methoxy groups -OCH3 is 2. The lowest BCUT2D eigenvalue weighted by molar-refractivity contribution is -0.135. The molecule has 37 heavy (non-hydrogen) atoms. The highest BCUT2D eigenvalue weighted by Gasteiger charge is 2.36. The second-order valence-electron chi connectivity index (χ2n) is 9.42. The molecule has 8 nitrogen and oxygen atoms in total. The van der Waals surface area contributed by atoms with E-state index in [1.165, 1.54) is 14.2 Å². The molecular formula is C29H32O8. The number of phenolic OH excluding ortho intramolecular Hbond substituents is 1. The summed E-state index contributed by atoms with van der Waals surface area (Å²) in [4.78, 5) is 38.0. The summed E-state index contributed by atoms with van der Waals surface area (Å²) in [5.74, 6) is -0.573. The predicted molar refractivity (Wildman–Crippen MR) is 136 cm³/mol. The van der Waals surface area contributed by atoms with Crippen LogP contribution in [-0.4, -0.2) is 43.2 Å². The van der Waals surface area contributed by atoms with Crippen molar-refractivity contribution < 1.29 is 38.4 Å². The van der Waals surface area contributed by atoms with Crippen LogP contribution in [0.5, 0.6) is 23.0 Å². The van der Waals surface area contributed by atoms with E-state index < -0.39 is 24.0 Å². The Morgan fingerprint density at radius 2 is 1.68 bits per heavy atom. The average Bonchev–Trinajstić information content (AvgIpc) is 2.86. The van der Waals surface area contributed by atoms with Crippen molar-refractivity contribution in [1.82, 2.24) is 0 Å². The smallest absolute Gasteiger partial charge is 0.342 e. The minimum atomic E-state index is -0.672. The topological polar surface area (TPSA) is 108 Å². The molecule has 2 aliphatic rings. The van der Waals surface area contributed by atoms with E-state index in [0.717, 1.165) is 0 Å². The number of carbonyl (C=O) groups is 3. The Hall–Kier alpha value is -3.81. The van der Waals surface area contributed by atoms with Crippen LogP contribution < -0.4 is 14.2 Å². The van der Waals surface area contributed by atoms with Crippen molar-refractivity contribution in [3.8, 4) is 23.0 Å². The highest BCUT2D eigenvalue weighted by atomic mass is 16.5. The Bertz CT molecular complexity index is 1210. The molecule has 0 unspecified atom stereocenters. The van der Waals surface area contributed by atoms with Gasteiger partial charge >= 0.3 is 11.9 Å². The highest BCUT2D eigenvalue weighted by molar-refractivity contribution is 5.98. The zero-order chi connectivity index (χ0) is 26.5. The molecule has 0 aliphatic carbocycles. The molecule has 2 aromatic rings. The lowest BCUT2D eigenvalue weighted by Gasteiger charge is -2.28. The maximum absolute atomic E-state index is 13.3. The van der Waals surface area contributed by atoms with Gasteiger partial charge in [-0.25, -0.2) is 4.79 Å². The number of Topliss-reactive ketones (excluding diaryl/α,β-unsaturated/α-hetero) is 1. The average molecular weight is 509 g/mol. The number of ether oxygens (including phenoxy) is 4. The number of carbonyl (C=O) groups excluding carboxylic acids is 3. The largest absolute Gasteiger partial charge is 0.507 e. The fourth-order valence-corrected chi connectivity index (χ4v) is 4.83. The molecule has 0 fully saturated rings. The Balaban J connectivity index is 1.84. The van der Waals surface area contributed by atoms with Crippen molar-refractivity contribution >= 4 is 23.8 Å². The number of hydrogen-bond acceptors (Lipinski definition) is 8. The molecule has 0 saturated carbocycles. The standard InChI is InChI=1S/C29H32O8/c1-17-8-7-11-20(30)10-6-4-5-9-18-14-24-27(28(32)26(18)29(33)36-17)23(16-25(31)37-24)19-12-21(34-2)15-22(13-19)35-3/h5,9,12-15,17,23,32H,4,6-8,10-11,16H2,1-3H3/t17-,23-/m0/s1. The normalized spacial score (nSPS) is 20.7. The van der Waals surface area contributed by atoms with Gasteiger partial charge in [0.05, 0.1) is 26.7 Å². The van der Waals surface area contributed by atoms with Crippen molar-refractivity contribution in [1.29, 1.82) is 0 Å². The zero-order valence-corrected chi connectivity index (χ0v) is 21.4. The molecule has 0 radical (unpaired) electrons. The maximum Gasteiger partial charge on any atom is 0.342 e. The number of phenols is 1. The van der Waals surface area contributed by atoms with Crippen LogP contribution in [0.2, 0.25) is 0 Å². The molecule has 4 rings (SSSR count). The van der Waals surface area contributed by atoms with E-state index in [2.05, 4.69) is 0 Å². The Morgan fingerprint density at radius 3 is 2.38 bits per heavy atom. The fourth-order valence-electron chi connectivity index (χ4n) is 4.83. The molecule has 0 spiro atoms. The van der Waals surface area contributed by atoms with Crippen LogP contribution in [0.3, 0.4) is 0 Å². The second-order valence-corrected chi connectivity index (χ2v) is 9.42. The van der Waals surface area contributed by atoms with Gasteiger partial charge in [-0.05, 0) is 61.9 Å². The molecule has 2 aromatic carbocycles. The minimum Gasteiger partial charge on any atom is -0.507 e. The van der Waals surface area contributed by atoms with Crippen molar-refractivity contribution in [3.63, 3.8) is 0 Å². The van der Waals surface area contributed by atoms with Gasteiger partial charge in [0.25, 0.3) is 0 Å². The summed E-state index contributed by atoms with van der Waals surface area (Å²) in [5, 5.41) is 11.5. The summed E-state index contributed by atoms with van der Waals surface area (Å²) in [6.07, 6.45) is 6.50. The third-order valence-electron chi connectivity index (χ3n) is 6.75. The first-order chi connectivity index (χ1) is 17.8. The Morgan fingerprint density at radius 1 is 0.973 bits per heavy atom. The number of ketones is 1. The van der Waals surface area contributed by atoms with E-state index in [-0.39, 0.29) is 29.3 Å². The quantitative estimate of drug-likeness (QED) is 0.438. The first-order valence-electron chi connectivity index (χ1n) is 12.5. The molecule has 0 aromatic heterocycles. The van der Waals surface area contributed by atoms with Crippen LogP contribution >= 0.6 is 0 Å². The number of rotatable bonds is 3. The summed E-state index contributed by atoms with van der Waals surface area (Å²) in [6, 6.07) is 6.84. The predicted octanol–water partition coefficient (Wildman–Crippen LogP) is 5.33. The number of hydrogen-bond donors (Lipinski definition) is 1. The maximum atomic E-state index is 13.3. The summed E-state index contributed by atoms with van der Waals surface area (Å²) in [7, 11) is 3.06. The first kappa shape index (κ1) is 26.3. The van der Waals surface area contributed by atoms with E-state index in [0.29, 0.717) is 66.7 Å². The molecule has 0 saturated heterocycles. The van der Waals surface area contributed by atoms with Gasteiger partial charge in [-0.3, -0.25) is 9.59 Å². The molecule has 1 N–H and O–H groups in total. The molecule has 2 heterocycles. The van der Waals surface area contributed by atoms with Gasteiger partial charge in [-0.2, -0.15) is 0 Å². The Labute approximate surface area is 216 Å². The van der Waals surface area contributed by atoms with E-state index >= 15 is 0 Å². The number of benzene rings is 2. The molecule has 8 heteroatoms. The van der Waals surface area contributed by atoms with E-state index in [1.54, 1.807) is 37.3 Å². The lowest BCUT2D eigenvalue weighted by atomic mass is 9.83. The number of allylic oxidation sites excluding steroid dienone is 1. The van der Waals surface area contributed by atoms with Crippen LogP contribution in [0.1, 0.15) is 84.8 Å². The molecule has 0 amide bonds. The van der Waals surface area contributed by atoms with Crippen molar-refractivity contribution in [3.05, 3.63) is 52.6 Å². The summed E-state index contributed by atoms with van der Waals surface area (Å²) >= 11 is 0. The van der Waals surface area contributed by atoms with Gasteiger partial charge in [-0.15, -0.1) is 0 Å². The van der Waals surface area contributed by atoms with Gasteiger partial charge in [0.1, 0.15) is 34.3 Å². The minimum absolute atomic E-state index is 0.0211. The second kappa shape index (κ2) is 11.5. The van der Waals surface area contributed by atoms with E-state index in [4.69, 9.17) is 18.9 Å². The SMILES string of the molecule is COc1cc(OC)cc([C@@H]2CC(=O)Oc3cc4c(c(O)c32)C(=O)O[C@@H](C)CCCC(=O)CCCC=C4)c1. The van der Waals surface area contributed by atoms with Gasteiger partial charge in [0.2, 0.25) is 0 Å². The summed E-state index contributed by atoms with van der Waals surface area (Å²) in [5.41, 5.74) is 1.41. The zero-order valence-electron chi connectivity index (χ0n) is 21.4. The van der Waals surface area contributed by atoms with Crippen LogP contribution in [0.4, 0.5) is 0 Å². The molecular weight excluding hydrogens is 476 g/mol. The van der Waals surface area contributed by atoms with Crippen molar-refractivity contribution in [2.24, 2.45) is 0 Å². The van der Waals surface area contributed by atoms with Crippen LogP contribution in [0.25, 0.3) is 6.08 Å². The lowest BCUT2D eigenvalue weighted by Crippen LogP contribution is -2.23. The number of aromatic hydroxyl groups is 1. The summed E-state index contributed by atoms with van der Waals surface area (Å²) < 4.78 is 22.0. The summed E-state index contributed by atoms with van der Waals surface area (Å²) in [6.45, 7) is 1.77. The monoisotopic (exact) mass is 508 g/mol. The van der Waals surface area contributed by atoms with Gasteiger partial charge in [0, 0.05) is 30.4 Å². The third-order valence-corrected chi connectivity index (χ3v) is 6.75. The van der Waals surface area contributed by atoms with Gasteiger partial charge in [-0.1, -0.05) is 12.2 Å². The highest BCUT2D eigenvalue weighted by Crippen LogP contribution is 2.48. The molecule has 0 bridgehead atoms. The third kappa shape index (κ3) is 5.96. The van der Waals surface area contributed by atoms with E-state index in [9.17, 15) is 19.5 Å². The van der Waals surface area contributed by atoms with Gasteiger partial charge < -0.3 is 24.1 Å². The Kier molecular flexibility index (Phi) is 8.16. The molecule has 196 valence electrons. The van der Waals surface area contributed by atoms with E-state index in [1.807, 2.05) is 6.08 Å². The number of fused-ring (bicyclic) bond motifs is 2. The first-order valence-corrected chi connectivity index (χ1v) is 12.5. The number of cyclic esters (lactones) is 1. The fraction of sp³-hybridized carbons (Fsp3) is 0.414. The number of esters is 2. The molecule has 2 atom stereocenters. The van der Waals surface area contributed by atoms with Crippen LogP contribution in [-0.2, 0) is 14.3 Å². The van der Waals surface area contributed by atoms with Crippen LogP contribution in [0, 0.1) is 0 Å². The van der Waals surface area contributed by atoms with Crippen molar-refractivity contribution in [2.75, 3.05) is 14.2 Å². The van der Waals surface area contributed by atoms with Crippen LogP contribution in [0.15, 0.2) is 30.3 Å². The van der Waals surface area contributed by atoms with Crippen molar-refractivity contribution in [2.45, 2.75) is 63.9 Å².